The van der Waals surface area contributed by atoms with Gasteiger partial charge in [-0.05, 0) is 62.0 Å². The van der Waals surface area contributed by atoms with E-state index in [9.17, 15) is 14.4 Å². The summed E-state index contributed by atoms with van der Waals surface area (Å²) in [6, 6.07) is 11.9. The lowest BCUT2D eigenvalue weighted by Crippen LogP contribution is -2.19. The summed E-state index contributed by atoms with van der Waals surface area (Å²) in [6.45, 7) is 0.787. The Hall–Kier alpha value is -4.37. The fourth-order valence-corrected chi connectivity index (χ4v) is 4.04. The van der Waals surface area contributed by atoms with Gasteiger partial charge in [0.05, 0.1) is 11.1 Å². The average molecular weight is 459 g/mol. The van der Waals surface area contributed by atoms with E-state index in [1.165, 1.54) is 0 Å². The summed E-state index contributed by atoms with van der Waals surface area (Å²) in [5.41, 5.74) is 16.7. The molecular formula is C25H26N6O3. The van der Waals surface area contributed by atoms with Crippen LogP contribution in [0.15, 0.2) is 48.7 Å². The third kappa shape index (κ3) is 4.69. The number of likely N-dealkylation sites (N-methyl/N-ethyl adjacent to an activating group) is 1. The molecule has 0 unspecified atom stereocenters. The molecule has 1 aliphatic rings. The van der Waals surface area contributed by atoms with E-state index in [0.717, 1.165) is 23.2 Å². The van der Waals surface area contributed by atoms with E-state index < -0.39 is 11.9 Å². The molecular weight excluding hydrogens is 432 g/mol. The Kier molecular flexibility index (Phi) is 6.20. The normalized spacial score (nSPS) is 13.7. The summed E-state index contributed by atoms with van der Waals surface area (Å²) in [4.78, 5) is 41.3. The largest absolute Gasteiger partial charge is 0.366 e. The molecule has 34 heavy (non-hydrogen) atoms. The maximum absolute atomic E-state index is 12.6. The Morgan fingerprint density at radius 2 is 1.88 bits per heavy atom. The number of rotatable bonds is 7. The number of nitrogens with one attached hydrogen (secondary N) is 3. The second kappa shape index (κ2) is 9.24. The van der Waals surface area contributed by atoms with Gasteiger partial charge < -0.3 is 32.0 Å². The van der Waals surface area contributed by atoms with Gasteiger partial charge in [0.2, 0.25) is 5.91 Å². The molecule has 1 aromatic heterocycles. The van der Waals surface area contributed by atoms with Gasteiger partial charge in [0.1, 0.15) is 0 Å². The number of nitrogens with zero attached hydrogens (tertiary/aromatic N) is 1. The van der Waals surface area contributed by atoms with Crippen LogP contribution in [-0.2, 0) is 11.2 Å². The molecule has 3 aromatic rings. The van der Waals surface area contributed by atoms with E-state index in [1.54, 1.807) is 30.5 Å². The predicted molar refractivity (Wildman–Crippen MR) is 133 cm³/mol. The number of aromatic amines is 1. The lowest BCUT2D eigenvalue weighted by Gasteiger charge is -2.14. The van der Waals surface area contributed by atoms with Crippen LogP contribution in [0.1, 0.15) is 27.2 Å². The van der Waals surface area contributed by atoms with Crippen molar-refractivity contribution in [3.63, 3.8) is 0 Å². The molecule has 4 amide bonds. The Bertz CT molecular complexity index is 1320. The van der Waals surface area contributed by atoms with Crippen molar-refractivity contribution in [1.29, 1.82) is 0 Å². The summed E-state index contributed by atoms with van der Waals surface area (Å²) in [7, 11) is 3.95. The van der Waals surface area contributed by atoms with E-state index in [4.69, 9.17) is 11.5 Å². The van der Waals surface area contributed by atoms with Crippen LogP contribution >= 0.6 is 0 Å². The molecule has 9 nitrogen and oxygen atoms in total. The number of aromatic nitrogens is 1. The first-order chi connectivity index (χ1) is 16.2. The Labute approximate surface area is 196 Å². The molecule has 0 radical (unpaired) electrons. The molecule has 0 saturated carbocycles. The maximum atomic E-state index is 12.6. The van der Waals surface area contributed by atoms with Crippen molar-refractivity contribution in [2.45, 2.75) is 6.42 Å². The Morgan fingerprint density at radius 3 is 2.59 bits per heavy atom. The van der Waals surface area contributed by atoms with Crippen molar-refractivity contribution in [2.75, 3.05) is 31.3 Å². The molecule has 174 valence electrons. The number of nitrogens with two attached hydrogens (primary N) is 2. The lowest BCUT2D eigenvalue weighted by atomic mass is 9.94. The minimum absolute atomic E-state index is 0.258. The minimum atomic E-state index is -0.685. The zero-order valence-electron chi connectivity index (χ0n) is 18.9. The van der Waals surface area contributed by atoms with Gasteiger partial charge in [-0.25, -0.2) is 4.79 Å². The highest BCUT2D eigenvalue weighted by atomic mass is 16.2. The van der Waals surface area contributed by atoms with Crippen LogP contribution in [0.3, 0.4) is 0 Å². The summed E-state index contributed by atoms with van der Waals surface area (Å²) in [5.74, 6) is -0.741. The van der Waals surface area contributed by atoms with Gasteiger partial charge in [0.25, 0.3) is 5.91 Å². The first kappa shape index (κ1) is 22.8. The Balaban J connectivity index is 1.69. The molecule has 7 N–H and O–H groups in total. The van der Waals surface area contributed by atoms with Gasteiger partial charge in [0.15, 0.2) is 0 Å². The predicted octanol–water partition coefficient (Wildman–Crippen LogP) is 2.87. The number of carbonyl (C=O) groups is 3. The van der Waals surface area contributed by atoms with Crippen molar-refractivity contribution in [3.05, 3.63) is 71.0 Å². The highest BCUT2D eigenvalue weighted by Crippen LogP contribution is 2.36. The molecule has 0 spiro atoms. The summed E-state index contributed by atoms with van der Waals surface area (Å²) >= 11 is 0. The molecule has 0 fully saturated rings. The average Bonchev–Trinajstić information content (AvgIpc) is 3.36. The van der Waals surface area contributed by atoms with Gasteiger partial charge in [-0.2, -0.15) is 0 Å². The number of fused-ring (bicyclic) bond motifs is 1. The van der Waals surface area contributed by atoms with Gasteiger partial charge in [0, 0.05) is 40.9 Å². The number of hydrogen-bond donors (Lipinski definition) is 5. The van der Waals surface area contributed by atoms with Crippen LogP contribution in [-0.4, -0.2) is 48.4 Å². The molecule has 9 heteroatoms. The summed E-state index contributed by atoms with van der Waals surface area (Å²) < 4.78 is 0. The van der Waals surface area contributed by atoms with Gasteiger partial charge in [-0.1, -0.05) is 18.2 Å². The second-order valence-corrected chi connectivity index (χ2v) is 8.36. The smallest absolute Gasteiger partial charge is 0.316 e. The van der Waals surface area contributed by atoms with E-state index >= 15 is 0 Å². The Morgan fingerprint density at radius 1 is 1.09 bits per heavy atom. The monoisotopic (exact) mass is 458 g/mol. The lowest BCUT2D eigenvalue weighted by molar-refractivity contribution is -0.110. The zero-order chi connectivity index (χ0) is 24.4. The van der Waals surface area contributed by atoms with Crippen LogP contribution in [0.5, 0.6) is 0 Å². The van der Waals surface area contributed by atoms with E-state index in [2.05, 4.69) is 15.6 Å². The zero-order valence-corrected chi connectivity index (χ0v) is 18.9. The van der Waals surface area contributed by atoms with Crippen molar-refractivity contribution in [1.82, 2.24) is 9.88 Å². The molecule has 2 aromatic carbocycles. The van der Waals surface area contributed by atoms with Crippen molar-refractivity contribution in [3.8, 4) is 11.1 Å². The first-order valence-corrected chi connectivity index (χ1v) is 10.7. The third-order valence-electron chi connectivity index (χ3n) is 5.61. The van der Waals surface area contributed by atoms with Crippen molar-refractivity contribution in [2.24, 2.45) is 11.5 Å². The number of anilines is 2. The standard InChI is InChI=1S/C25H26N6O3/c1-31(2)9-8-14-4-3-5-18(22(14)23(26)32)15-10-17(28-13-15)12-20-19-11-16(29-25(27)34)6-7-21(19)30-24(20)33/h3-7,10-13,28H,8-9H2,1-2H3,(H2,26,32)(H,30,33)(H3,27,29,34). The van der Waals surface area contributed by atoms with Crippen LogP contribution < -0.4 is 22.1 Å². The molecule has 2 heterocycles. The molecule has 0 saturated heterocycles. The first-order valence-electron chi connectivity index (χ1n) is 10.7. The summed E-state index contributed by atoms with van der Waals surface area (Å²) in [6.07, 6.45) is 4.19. The second-order valence-electron chi connectivity index (χ2n) is 8.36. The third-order valence-corrected chi connectivity index (χ3v) is 5.61. The van der Waals surface area contributed by atoms with E-state index in [0.29, 0.717) is 40.2 Å². The fraction of sp³-hybridized carbons (Fsp3) is 0.160. The number of urea groups is 1. The topological polar surface area (TPSA) is 146 Å². The van der Waals surface area contributed by atoms with Crippen LogP contribution in [0.25, 0.3) is 22.8 Å². The number of benzene rings is 2. The van der Waals surface area contributed by atoms with E-state index in [-0.39, 0.29) is 5.91 Å². The van der Waals surface area contributed by atoms with Gasteiger partial charge in [-0.3, -0.25) is 9.59 Å². The summed E-state index contributed by atoms with van der Waals surface area (Å²) in [5, 5.41) is 5.33. The van der Waals surface area contributed by atoms with Crippen LogP contribution in [0.4, 0.5) is 16.2 Å². The molecule has 4 rings (SSSR count). The molecule has 0 atom stereocenters. The number of carbonyl (C=O) groups excluding carboxylic acids is 3. The quantitative estimate of drug-likeness (QED) is 0.346. The highest BCUT2D eigenvalue weighted by Gasteiger charge is 2.25. The maximum Gasteiger partial charge on any atom is 0.316 e. The van der Waals surface area contributed by atoms with Gasteiger partial charge in [-0.15, -0.1) is 0 Å². The molecule has 1 aliphatic heterocycles. The number of amides is 4. The number of hydrogen-bond acceptors (Lipinski definition) is 4. The minimum Gasteiger partial charge on any atom is -0.366 e. The van der Waals surface area contributed by atoms with Crippen LogP contribution in [0, 0.1) is 0 Å². The highest BCUT2D eigenvalue weighted by molar-refractivity contribution is 6.35. The van der Waals surface area contributed by atoms with Gasteiger partial charge >= 0.3 is 6.03 Å². The van der Waals surface area contributed by atoms with Crippen LogP contribution in [0.2, 0.25) is 0 Å². The molecule has 0 bridgehead atoms. The van der Waals surface area contributed by atoms with Crippen molar-refractivity contribution >= 4 is 40.9 Å². The van der Waals surface area contributed by atoms with E-state index in [1.807, 2.05) is 43.3 Å². The fourth-order valence-electron chi connectivity index (χ4n) is 4.04. The number of primary amides is 2. The molecule has 0 aliphatic carbocycles. The van der Waals surface area contributed by atoms with Crippen molar-refractivity contribution < 1.29 is 14.4 Å². The number of H-pyrrole nitrogens is 1. The SMILES string of the molecule is CN(C)CCc1cccc(-c2c[nH]c(C=C3C(=O)Nc4ccc(NC(N)=O)cc43)c2)c1C(N)=O.